The molecule has 1 aliphatic heterocycles. The Bertz CT molecular complexity index is 351. The van der Waals surface area contributed by atoms with Crippen LogP contribution in [0, 0.1) is 11.3 Å². The summed E-state index contributed by atoms with van der Waals surface area (Å²) in [6.45, 7) is 9.02. The van der Waals surface area contributed by atoms with E-state index < -0.39 is 23.3 Å². The first-order valence-electron chi connectivity index (χ1n) is 5.12. The van der Waals surface area contributed by atoms with Crippen molar-refractivity contribution >= 4 is 17.8 Å². The van der Waals surface area contributed by atoms with Gasteiger partial charge in [0.25, 0.3) is 0 Å². The predicted molar refractivity (Wildman–Crippen MR) is 58.4 cm³/mol. The number of imide groups is 2. The standard InChI is InChI=1S/C11H16N2O3/c1-6(2)5-11(7(3)4)8(14)12-10(16)13-9(11)15/h7H,1,5H2,2-4H3,(H2,12,13,14,15,16). The van der Waals surface area contributed by atoms with Crippen LogP contribution in [0.15, 0.2) is 12.2 Å². The van der Waals surface area contributed by atoms with E-state index in [1.807, 2.05) is 0 Å². The van der Waals surface area contributed by atoms with Crippen LogP contribution < -0.4 is 10.6 Å². The highest BCUT2D eigenvalue weighted by Crippen LogP contribution is 2.36. The van der Waals surface area contributed by atoms with Crippen LogP contribution in [-0.4, -0.2) is 17.8 Å². The third-order valence-corrected chi connectivity index (χ3v) is 2.83. The van der Waals surface area contributed by atoms with Gasteiger partial charge in [-0.15, -0.1) is 6.58 Å². The molecule has 16 heavy (non-hydrogen) atoms. The van der Waals surface area contributed by atoms with Gasteiger partial charge in [-0.3, -0.25) is 20.2 Å². The van der Waals surface area contributed by atoms with Crippen molar-refractivity contribution in [3.63, 3.8) is 0 Å². The summed E-state index contributed by atoms with van der Waals surface area (Å²) in [6, 6.07) is -0.756. The first-order valence-corrected chi connectivity index (χ1v) is 5.12. The van der Waals surface area contributed by atoms with Gasteiger partial charge in [0, 0.05) is 0 Å². The van der Waals surface area contributed by atoms with Crippen molar-refractivity contribution in [2.75, 3.05) is 0 Å². The average Bonchev–Trinajstić information content (AvgIpc) is 2.10. The number of amides is 4. The number of rotatable bonds is 3. The lowest BCUT2D eigenvalue weighted by Gasteiger charge is -2.37. The number of carbonyl (C=O) groups excluding carboxylic acids is 3. The Morgan fingerprint density at radius 2 is 1.69 bits per heavy atom. The highest BCUT2D eigenvalue weighted by Gasteiger charge is 2.52. The molecule has 0 aliphatic carbocycles. The molecule has 0 atom stereocenters. The molecule has 4 amide bonds. The lowest BCUT2D eigenvalue weighted by molar-refractivity contribution is -0.147. The quantitative estimate of drug-likeness (QED) is 0.554. The zero-order valence-electron chi connectivity index (χ0n) is 9.72. The minimum absolute atomic E-state index is 0.211. The molecule has 1 heterocycles. The van der Waals surface area contributed by atoms with Crippen molar-refractivity contribution in [2.24, 2.45) is 11.3 Å². The molecule has 1 aliphatic rings. The minimum Gasteiger partial charge on any atom is -0.277 e. The number of hydrogen-bond acceptors (Lipinski definition) is 3. The Labute approximate surface area is 94.3 Å². The summed E-state index contributed by atoms with van der Waals surface area (Å²) in [6.07, 6.45) is 0.246. The van der Waals surface area contributed by atoms with E-state index in [4.69, 9.17) is 0 Å². The fourth-order valence-electron chi connectivity index (χ4n) is 1.93. The van der Waals surface area contributed by atoms with Gasteiger partial charge in [0.15, 0.2) is 0 Å². The number of hydrogen-bond donors (Lipinski definition) is 2. The van der Waals surface area contributed by atoms with E-state index in [0.717, 1.165) is 5.57 Å². The van der Waals surface area contributed by atoms with Crippen molar-refractivity contribution in [3.8, 4) is 0 Å². The van der Waals surface area contributed by atoms with E-state index in [0.29, 0.717) is 0 Å². The highest BCUT2D eigenvalue weighted by atomic mass is 16.2. The van der Waals surface area contributed by atoms with Crippen molar-refractivity contribution in [3.05, 3.63) is 12.2 Å². The van der Waals surface area contributed by atoms with Gasteiger partial charge in [-0.05, 0) is 19.3 Å². The number of barbiturate groups is 1. The zero-order chi connectivity index (χ0) is 12.5. The monoisotopic (exact) mass is 224 g/mol. The van der Waals surface area contributed by atoms with Crippen molar-refractivity contribution in [1.29, 1.82) is 0 Å². The van der Waals surface area contributed by atoms with E-state index in [1.54, 1.807) is 20.8 Å². The van der Waals surface area contributed by atoms with E-state index in [9.17, 15) is 14.4 Å². The topological polar surface area (TPSA) is 75.3 Å². The molecule has 0 spiro atoms. The van der Waals surface area contributed by atoms with Gasteiger partial charge in [-0.25, -0.2) is 4.79 Å². The maximum atomic E-state index is 11.9. The molecule has 0 saturated carbocycles. The molecule has 0 unspecified atom stereocenters. The largest absolute Gasteiger partial charge is 0.328 e. The summed E-state index contributed by atoms with van der Waals surface area (Å²) >= 11 is 0. The Hall–Kier alpha value is -1.65. The van der Waals surface area contributed by atoms with E-state index >= 15 is 0 Å². The van der Waals surface area contributed by atoms with E-state index in [2.05, 4.69) is 17.2 Å². The van der Waals surface area contributed by atoms with E-state index in [1.165, 1.54) is 0 Å². The Kier molecular flexibility index (Phi) is 3.16. The Balaban J connectivity index is 3.17. The molecule has 0 bridgehead atoms. The summed E-state index contributed by atoms with van der Waals surface area (Å²) in [7, 11) is 0. The van der Waals surface area contributed by atoms with Crippen molar-refractivity contribution in [1.82, 2.24) is 10.6 Å². The summed E-state index contributed by atoms with van der Waals surface area (Å²) < 4.78 is 0. The fraction of sp³-hybridized carbons (Fsp3) is 0.545. The van der Waals surface area contributed by atoms with Gasteiger partial charge in [0.2, 0.25) is 11.8 Å². The zero-order valence-corrected chi connectivity index (χ0v) is 9.72. The fourth-order valence-corrected chi connectivity index (χ4v) is 1.93. The smallest absolute Gasteiger partial charge is 0.277 e. The summed E-state index contributed by atoms with van der Waals surface area (Å²) in [5.74, 6) is -1.30. The lowest BCUT2D eigenvalue weighted by Crippen LogP contribution is -2.64. The molecule has 88 valence electrons. The SMILES string of the molecule is C=C(C)CC1(C(C)C)C(=O)NC(=O)NC1=O. The Morgan fingerprint density at radius 1 is 1.25 bits per heavy atom. The minimum atomic E-state index is -1.22. The van der Waals surface area contributed by atoms with Crippen LogP contribution in [0.4, 0.5) is 4.79 Å². The molecule has 5 nitrogen and oxygen atoms in total. The van der Waals surface area contributed by atoms with Gasteiger partial charge in [-0.1, -0.05) is 19.4 Å². The van der Waals surface area contributed by atoms with E-state index in [-0.39, 0.29) is 12.3 Å². The first-order chi connectivity index (χ1) is 7.30. The van der Waals surface area contributed by atoms with Crippen LogP contribution >= 0.6 is 0 Å². The van der Waals surface area contributed by atoms with Crippen LogP contribution in [0.25, 0.3) is 0 Å². The maximum absolute atomic E-state index is 11.9. The van der Waals surface area contributed by atoms with Gasteiger partial charge in [-0.2, -0.15) is 0 Å². The maximum Gasteiger partial charge on any atom is 0.328 e. The van der Waals surface area contributed by atoms with Crippen LogP contribution in [0.3, 0.4) is 0 Å². The molecular weight excluding hydrogens is 208 g/mol. The third kappa shape index (κ3) is 1.85. The van der Waals surface area contributed by atoms with Gasteiger partial charge in [0.05, 0.1) is 0 Å². The predicted octanol–water partition coefficient (Wildman–Crippen LogP) is 0.961. The molecule has 1 fully saturated rings. The van der Waals surface area contributed by atoms with Crippen molar-refractivity contribution in [2.45, 2.75) is 27.2 Å². The molecule has 1 saturated heterocycles. The first kappa shape index (κ1) is 12.4. The lowest BCUT2D eigenvalue weighted by atomic mass is 9.70. The molecule has 0 radical (unpaired) electrons. The molecule has 0 aromatic heterocycles. The third-order valence-electron chi connectivity index (χ3n) is 2.83. The molecular formula is C11H16N2O3. The highest BCUT2D eigenvalue weighted by molar-refractivity contribution is 6.19. The van der Waals surface area contributed by atoms with Crippen molar-refractivity contribution < 1.29 is 14.4 Å². The second-order valence-electron chi connectivity index (χ2n) is 4.50. The number of allylic oxidation sites excluding steroid dienone is 1. The van der Waals surface area contributed by atoms with Gasteiger partial charge >= 0.3 is 6.03 Å². The second-order valence-corrected chi connectivity index (χ2v) is 4.50. The summed E-state index contributed by atoms with van der Waals surface area (Å²) in [5.41, 5.74) is -0.493. The molecule has 1 rings (SSSR count). The van der Waals surface area contributed by atoms with Crippen LogP contribution in [0.5, 0.6) is 0 Å². The second kappa shape index (κ2) is 4.08. The average molecular weight is 224 g/mol. The molecule has 5 heteroatoms. The number of carbonyl (C=O) groups is 3. The molecule has 0 aromatic carbocycles. The van der Waals surface area contributed by atoms with Gasteiger partial charge < -0.3 is 0 Å². The summed E-state index contributed by atoms with van der Waals surface area (Å²) in [5, 5.41) is 4.27. The Morgan fingerprint density at radius 3 is 2.00 bits per heavy atom. The van der Waals surface area contributed by atoms with Crippen LogP contribution in [-0.2, 0) is 9.59 Å². The molecule has 2 N–H and O–H groups in total. The molecule has 0 aromatic rings. The van der Waals surface area contributed by atoms with Crippen LogP contribution in [0.2, 0.25) is 0 Å². The van der Waals surface area contributed by atoms with Gasteiger partial charge in [0.1, 0.15) is 5.41 Å². The summed E-state index contributed by atoms with van der Waals surface area (Å²) in [4.78, 5) is 34.8. The van der Waals surface area contributed by atoms with Crippen LogP contribution in [0.1, 0.15) is 27.2 Å². The normalized spacial score (nSPS) is 19.4. The number of urea groups is 1. The number of nitrogens with one attached hydrogen (secondary N) is 2.